The smallest absolute Gasteiger partial charge is 0.355 e. The van der Waals surface area contributed by atoms with E-state index in [0.29, 0.717) is 35.6 Å². The predicted molar refractivity (Wildman–Crippen MR) is 115 cm³/mol. The zero-order valence-electron chi connectivity index (χ0n) is 17.5. The van der Waals surface area contributed by atoms with E-state index in [1.165, 1.54) is 6.07 Å². The minimum Gasteiger partial charge on any atom is -0.355 e. The number of nitrogens with zero attached hydrogens (tertiary/aromatic N) is 1. The number of nitrogens with one attached hydrogen (secondary N) is 1. The number of alkyl halides is 3. The maximum absolute atomic E-state index is 13.2. The molecule has 0 bridgehead atoms. The molecule has 0 fully saturated rings. The highest BCUT2D eigenvalue weighted by molar-refractivity contribution is 6.11. The summed E-state index contributed by atoms with van der Waals surface area (Å²) in [6, 6.07) is 12.9. The summed E-state index contributed by atoms with van der Waals surface area (Å²) in [6.45, 7) is 8.76. The van der Waals surface area contributed by atoms with Gasteiger partial charge in [-0.2, -0.15) is 13.2 Å². The second-order valence-electron chi connectivity index (χ2n) is 7.29. The number of amides is 1. The lowest BCUT2D eigenvalue weighted by Crippen LogP contribution is -2.30. The fourth-order valence-corrected chi connectivity index (χ4v) is 3.64. The topological polar surface area (TPSA) is 32.3 Å². The number of halogens is 3. The van der Waals surface area contributed by atoms with Crippen molar-refractivity contribution in [2.45, 2.75) is 33.9 Å². The molecule has 3 nitrogen and oxygen atoms in total. The van der Waals surface area contributed by atoms with E-state index in [-0.39, 0.29) is 5.91 Å². The molecular formula is C24H25F3N2O. The minimum atomic E-state index is -4.41. The molecule has 0 aliphatic carbocycles. The van der Waals surface area contributed by atoms with Gasteiger partial charge < -0.3 is 10.2 Å². The highest BCUT2D eigenvalue weighted by Gasteiger charge is 2.31. The van der Waals surface area contributed by atoms with E-state index in [1.54, 1.807) is 24.0 Å². The summed E-state index contributed by atoms with van der Waals surface area (Å²) < 4.78 is 39.5. The Morgan fingerprint density at radius 2 is 1.63 bits per heavy atom. The molecule has 6 heteroatoms. The number of carbonyl (C=O) groups is 1. The highest BCUT2D eigenvalue weighted by Crippen LogP contribution is 2.36. The maximum atomic E-state index is 13.2. The molecule has 3 aromatic rings. The Bertz CT molecular complexity index is 1090. The summed E-state index contributed by atoms with van der Waals surface area (Å²) in [4.78, 5) is 14.8. The molecule has 3 aromatic carbocycles. The number of carbonyl (C=O) groups excluding carboxylic acids is 1. The van der Waals surface area contributed by atoms with Gasteiger partial charge in [0, 0.05) is 35.4 Å². The standard InChI is InChI=1S/C24H25F3N2O/c1-5-29(6-2)23(30)19-12-13-20(18-9-7-8-16(4)22(18)19)28-21-14-17(24(25,26)27)11-10-15(21)3/h7-14,28H,5-6H2,1-4H3. The molecule has 0 aliphatic heterocycles. The molecule has 0 saturated heterocycles. The average Bonchev–Trinajstić information content (AvgIpc) is 2.70. The lowest BCUT2D eigenvalue weighted by atomic mass is 9.97. The van der Waals surface area contributed by atoms with E-state index < -0.39 is 11.7 Å². The van der Waals surface area contributed by atoms with Crippen LogP contribution in [0.1, 0.15) is 40.9 Å². The second-order valence-corrected chi connectivity index (χ2v) is 7.29. The van der Waals surface area contributed by atoms with Gasteiger partial charge >= 0.3 is 6.18 Å². The summed E-state index contributed by atoms with van der Waals surface area (Å²) >= 11 is 0. The van der Waals surface area contributed by atoms with E-state index in [4.69, 9.17) is 0 Å². The molecule has 0 saturated carbocycles. The van der Waals surface area contributed by atoms with Crippen molar-refractivity contribution >= 4 is 28.1 Å². The number of fused-ring (bicyclic) bond motifs is 1. The summed E-state index contributed by atoms with van der Waals surface area (Å²) in [7, 11) is 0. The monoisotopic (exact) mass is 414 g/mol. The molecular weight excluding hydrogens is 389 g/mol. The summed E-state index contributed by atoms with van der Waals surface area (Å²) in [6.07, 6.45) is -4.41. The van der Waals surface area contributed by atoms with Crippen LogP contribution in [0.4, 0.5) is 24.5 Å². The van der Waals surface area contributed by atoms with Crippen LogP contribution < -0.4 is 5.32 Å². The molecule has 158 valence electrons. The van der Waals surface area contributed by atoms with Crippen molar-refractivity contribution in [1.82, 2.24) is 4.90 Å². The Balaban J connectivity index is 2.13. The van der Waals surface area contributed by atoms with Gasteiger partial charge in [-0.25, -0.2) is 0 Å². The number of aryl methyl sites for hydroxylation is 2. The first kappa shape index (κ1) is 21.7. The second kappa shape index (κ2) is 8.38. The summed E-state index contributed by atoms with van der Waals surface area (Å²) in [5, 5.41) is 4.76. The largest absolute Gasteiger partial charge is 0.416 e. The fraction of sp³-hybridized carbons (Fsp3) is 0.292. The van der Waals surface area contributed by atoms with E-state index >= 15 is 0 Å². The van der Waals surface area contributed by atoms with Crippen LogP contribution in [0.3, 0.4) is 0 Å². The SMILES string of the molecule is CCN(CC)C(=O)c1ccc(Nc2cc(C(F)(F)F)ccc2C)c2cccc(C)c12. The molecule has 0 aliphatic rings. The summed E-state index contributed by atoms with van der Waals surface area (Å²) in [5.74, 6) is -0.0545. The predicted octanol–water partition coefficient (Wildman–Crippen LogP) is 6.70. The molecule has 0 heterocycles. The molecule has 0 aromatic heterocycles. The number of anilines is 2. The number of rotatable bonds is 5. The minimum absolute atomic E-state index is 0.0545. The van der Waals surface area contributed by atoms with E-state index in [9.17, 15) is 18.0 Å². The van der Waals surface area contributed by atoms with Crippen LogP contribution in [-0.2, 0) is 6.18 Å². The van der Waals surface area contributed by atoms with Crippen molar-refractivity contribution in [3.05, 3.63) is 70.8 Å². The van der Waals surface area contributed by atoms with Crippen LogP contribution in [0.5, 0.6) is 0 Å². The van der Waals surface area contributed by atoms with Crippen molar-refractivity contribution in [3.63, 3.8) is 0 Å². The number of hydrogen-bond donors (Lipinski definition) is 1. The molecule has 0 unspecified atom stereocenters. The Morgan fingerprint density at radius 1 is 0.933 bits per heavy atom. The molecule has 0 radical (unpaired) electrons. The third-order valence-electron chi connectivity index (χ3n) is 5.36. The van der Waals surface area contributed by atoms with E-state index in [2.05, 4.69) is 5.32 Å². The molecule has 30 heavy (non-hydrogen) atoms. The van der Waals surface area contributed by atoms with Gasteiger partial charge in [-0.3, -0.25) is 4.79 Å². The zero-order valence-corrected chi connectivity index (χ0v) is 17.5. The third kappa shape index (κ3) is 4.13. The van der Waals surface area contributed by atoms with Crippen LogP contribution in [0.15, 0.2) is 48.5 Å². The maximum Gasteiger partial charge on any atom is 0.416 e. The van der Waals surface area contributed by atoms with Gasteiger partial charge in [0.2, 0.25) is 0 Å². The summed E-state index contributed by atoms with van der Waals surface area (Å²) in [5.41, 5.74) is 2.57. The molecule has 3 rings (SSSR count). The van der Waals surface area contributed by atoms with E-state index in [1.807, 2.05) is 39.0 Å². The van der Waals surface area contributed by atoms with Crippen LogP contribution in [0.25, 0.3) is 10.8 Å². The molecule has 1 N–H and O–H groups in total. The first-order valence-corrected chi connectivity index (χ1v) is 9.93. The Labute approximate surface area is 174 Å². The fourth-order valence-electron chi connectivity index (χ4n) is 3.64. The van der Waals surface area contributed by atoms with Gasteiger partial charge in [0.05, 0.1) is 5.56 Å². The number of benzene rings is 3. The van der Waals surface area contributed by atoms with Crippen LogP contribution in [0, 0.1) is 13.8 Å². The molecule has 1 amide bonds. The lowest BCUT2D eigenvalue weighted by Gasteiger charge is -2.21. The quantitative estimate of drug-likeness (QED) is 0.504. The third-order valence-corrected chi connectivity index (χ3v) is 5.36. The first-order chi connectivity index (χ1) is 14.2. The van der Waals surface area contributed by atoms with Gasteiger partial charge in [0.15, 0.2) is 0 Å². The van der Waals surface area contributed by atoms with Crippen molar-refractivity contribution < 1.29 is 18.0 Å². The number of hydrogen-bond acceptors (Lipinski definition) is 2. The molecule has 0 atom stereocenters. The van der Waals surface area contributed by atoms with Crippen LogP contribution in [-0.4, -0.2) is 23.9 Å². The molecule has 0 spiro atoms. The van der Waals surface area contributed by atoms with E-state index in [0.717, 1.165) is 28.5 Å². The van der Waals surface area contributed by atoms with Gasteiger partial charge in [-0.15, -0.1) is 0 Å². The Hall–Kier alpha value is -3.02. The highest BCUT2D eigenvalue weighted by atomic mass is 19.4. The first-order valence-electron chi connectivity index (χ1n) is 9.93. The van der Waals surface area contributed by atoms with Gasteiger partial charge in [-0.1, -0.05) is 24.3 Å². The Morgan fingerprint density at radius 3 is 2.27 bits per heavy atom. The lowest BCUT2D eigenvalue weighted by molar-refractivity contribution is -0.137. The zero-order chi connectivity index (χ0) is 22.1. The van der Waals surface area contributed by atoms with Crippen molar-refractivity contribution in [3.8, 4) is 0 Å². The van der Waals surface area contributed by atoms with Crippen molar-refractivity contribution in [1.29, 1.82) is 0 Å². The normalized spacial score (nSPS) is 11.6. The van der Waals surface area contributed by atoms with Crippen LogP contribution in [0.2, 0.25) is 0 Å². The van der Waals surface area contributed by atoms with Crippen molar-refractivity contribution in [2.75, 3.05) is 18.4 Å². The van der Waals surface area contributed by atoms with Gasteiger partial charge in [-0.05, 0) is 68.5 Å². The van der Waals surface area contributed by atoms with Crippen molar-refractivity contribution in [2.24, 2.45) is 0 Å². The van der Waals surface area contributed by atoms with Gasteiger partial charge in [0.1, 0.15) is 0 Å². The average molecular weight is 414 g/mol. The van der Waals surface area contributed by atoms with Crippen LogP contribution >= 0.6 is 0 Å². The van der Waals surface area contributed by atoms with Gasteiger partial charge in [0.25, 0.3) is 5.91 Å². The Kier molecular flexibility index (Phi) is 6.06.